The summed E-state index contributed by atoms with van der Waals surface area (Å²) in [5.41, 5.74) is 0. The topological polar surface area (TPSA) is 41.9 Å². The average Bonchev–Trinajstić information content (AvgIpc) is 3.40. The van der Waals surface area contributed by atoms with Crippen LogP contribution in [0.25, 0.3) is 0 Å². The van der Waals surface area contributed by atoms with Crippen LogP contribution in [0.15, 0.2) is 48.6 Å². The quantitative estimate of drug-likeness (QED) is 0.0495. The van der Waals surface area contributed by atoms with Gasteiger partial charge < -0.3 is 14.7 Å². The van der Waals surface area contributed by atoms with Crippen LogP contribution in [-0.2, 0) is 9.47 Å². The molecule has 1 aliphatic heterocycles. The van der Waals surface area contributed by atoms with E-state index in [2.05, 4.69) is 62.5 Å². The third-order valence-corrected chi connectivity index (χ3v) is 10.3. The maximum atomic E-state index is 9.96. The van der Waals surface area contributed by atoms with Crippen molar-refractivity contribution in [2.75, 3.05) is 7.05 Å². The summed E-state index contributed by atoms with van der Waals surface area (Å²) in [6.45, 7) is 4.53. The molecule has 2 aliphatic rings. The molecule has 0 amide bonds. The molecule has 272 valence electrons. The van der Waals surface area contributed by atoms with Crippen molar-refractivity contribution in [3.63, 3.8) is 0 Å². The van der Waals surface area contributed by atoms with Crippen LogP contribution in [0.3, 0.4) is 0 Å². The Morgan fingerprint density at radius 3 is 1.28 bits per heavy atom. The number of unbranched alkanes of at least 4 members (excludes halogenated alkanes) is 16. The second kappa shape index (κ2) is 28.6. The molecule has 2 rings (SSSR count). The fourth-order valence-corrected chi connectivity index (χ4v) is 7.19. The van der Waals surface area contributed by atoms with Crippen LogP contribution in [0.1, 0.15) is 194 Å². The largest absolute Gasteiger partial charge is 0.344 e. The second-order valence-electron chi connectivity index (χ2n) is 14.6. The first-order chi connectivity index (χ1) is 23.1. The van der Waals surface area contributed by atoms with Gasteiger partial charge in [-0.2, -0.15) is 5.06 Å². The van der Waals surface area contributed by atoms with E-state index in [1.165, 1.54) is 133 Å². The van der Waals surface area contributed by atoms with Crippen molar-refractivity contribution in [2.24, 2.45) is 0 Å². The molecule has 1 N–H and O–H groups in total. The third-order valence-electron chi connectivity index (χ3n) is 10.3. The number of rotatable bonds is 29. The van der Waals surface area contributed by atoms with E-state index < -0.39 is 5.79 Å². The van der Waals surface area contributed by atoms with Gasteiger partial charge in [0.05, 0.1) is 12.2 Å². The Morgan fingerprint density at radius 2 is 0.894 bits per heavy atom. The van der Waals surface area contributed by atoms with Gasteiger partial charge in [0.25, 0.3) is 0 Å². The van der Waals surface area contributed by atoms with Crippen molar-refractivity contribution < 1.29 is 14.7 Å². The molecular formula is C43H77NO3. The van der Waals surface area contributed by atoms with Crippen LogP contribution in [-0.4, -0.2) is 41.4 Å². The molecule has 1 aliphatic carbocycles. The highest BCUT2D eigenvalue weighted by molar-refractivity contribution is 4.94. The van der Waals surface area contributed by atoms with E-state index in [0.29, 0.717) is 0 Å². The molecule has 1 saturated carbocycles. The van der Waals surface area contributed by atoms with Gasteiger partial charge in [-0.1, -0.05) is 140 Å². The number of ether oxygens (including phenoxy) is 2. The average molecular weight is 656 g/mol. The number of hydrogen-bond acceptors (Lipinski definition) is 4. The predicted octanol–water partition coefficient (Wildman–Crippen LogP) is 13.4. The van der Waals surface area contributed by atoms with Gasteiger partial charge in [0.1, 0.15) is 0 Å². The summed E-state index contributed by atoms with van der Waals surface area (Å²) in [5.74, 6) is -0.407. The summed E-state index contributed by atoms with van der Waals surface area (Å²) in [4.78, 5) is 0. The van der Waals surface area contributed by atoms with Gasteiger partial charge in [0.2, 0.25) is 0 Å². The Kier molecular flexibility index (Phi) is 25.6. The van der Waals surface area contributed by atoms with Crippen molar-refractivity contribution in [2.45, 2.75) is 218 Å². The zero-order valence-corrected chi connectivity index (χ0v) is 31.4. The lowest BCUT2D eigenvalue weighted by Crippen LogP contribution is -2.42. The van der Waals surface area contributed by atoms with Crippen LogP contribution in [0, 0.1) is 0 Å². The lowest BCUT2D eigenvalue weighted by Gasteiger charge is -2.37. The summed E-state index contributed by atoms with van der Waals surface area (Å²) in [6.07, 6.45) is 53.2. The van der Waals surface area contributed by atoms with Gasteiger partial charge in [-0.3, -0.25) is 0 Å². The maximum Gasteiger partial charge on any atom is 0.169 e. The highest BCUT2D eigenvalue weighted by atomic mass is 16.8. The first-order valence-corrected chi connectivity index (χ1v) is 20.5. The molecule has 0 aromatic heterocycles. The van der Waals surface area contributed by atoms with Crippen molar-refractivity contribution in [1.82, 2.24) is 5.06 Å². The van der Waals surface area contributed by atoms with Crippen molar-refractivity contribution in [1.29, 1.82) is 0 Å². The van der Waals surface area contributed by atoms with Crippen LogP contribution < -0.4 is 0 Å². The minimum absolute atomic E-state index is 0.231. The summed E-state index contributed by atoms with van der Waals surface area (Å²) >= 11 is 0. The minimum atomic E-state index is -0.407. The molecule has 0 aromatic rings. The molecule has 4 nitrogen and oxygen atoms in total. The highest BCUT2D eigenvalue weighted by Gasteiger charge is 2.48. The zero-order chi connectivity index (χ0) is 33.7. The molecule has 47 heavy (non-hydrogen) atoms. The SMILES string of the molecule is CCCCC/C=C\C/C=C\CCCCCCCC1OC2(CCC(N(C)O)CC2)OC1CCCCCCC/C=C\C/C=C\CCCCC. The van der Waals surface area contributed by atoms with E-state index in [9.17, 15) is 5.21 Å². The molecule has 4 heteroatoms. The maximum absolute atomic E-state index is 9.96. The molecule has 2 fully saturated rings. The molecule has 0 aromatic carbocycles. The molecule has 0 radical (unpaired) electrons. The predicted molar refractivity (Wildman–Crippen MR) is 203 cm³/mol. The van der Waals surface area contributed by atoms with Crippen LogP contribution in [0.4, 0.5) is 0 Å². The van der Waals surface area contributed by atoms with Crippen LogP contribution in [0.5, 0.6) is 0 Å². The fourth-order valence-electron chi connectivity index (χ4n) is 7.19. The van der Waals surface area contributed by atoms with E-state index in [1.54, 1.807) is 7.05 Å². The van der Waals surface area contributed by atoms with E-state index in [-0.39, 0.29) is 18.2 Å². The smallest absolute Gasteiger partial charge is 0.169 e. The summed E-state index contributed by atoms with van der Waals surface area (Å²) in [6, 6.07) is 0.231. The Balaban J connectivity index is 1.59. The molecule has 1 saturated heterocycles. The fraction of sp³-hybridized carbons (Fsp3) is 0.814. The van der Waals surface area contributed by atoms with Crippen LogP contribution >= 0.6 is 0 Å². The molecule has 0 bridgehead atoms. The van der Waals surface area contributed by atoms with Gasteiger partial charge >= 0.3 is 0 Å². The number of nitrogens with zero attached hydrogens (tertiary/aromatic N) is 1. The standard InChI is InChI=1S/C43H77NO3/c1-4-6-8-10-12-14-16-18-20-22-24-26-28-30-32-34-41-42(47-43(46-41)38-36-40(37-39-43)44(3)45)35-33-31-29-27-25-23-21-19-17-15-13-11-9-7-5-2/h12-15,18-21,40-42,45H,4-11,16-17,22-39H2,1-3H3/b14-12-,15-13-,20-18-,21-19-. The van der Waals surface area contributed by atoms with Gasteiger partial charge in [-0.15, -0.1) is 0 Å². The number of hydrogen-bond donors (Lipinski definition) is 1. The Morgan fingerprint density at radius 1 is 0.532 bits per heavy atom. The van der Waals surface area contributed by atoms with Crippen LogP contribution in [0.2, 0.25) is 0 Å². The first-order valence-electron chi connectivity index (χ1n) is 20.5. The molecule has 2 unspecified atom stereocenters. The molecular weight excluding hydrogens is 578 g/mol. The van der Waals surface area contributed by atoms with Crippen molar-refractivity contribution >= 4 is 0 Å². The summed E-state index contributed by atoms with van der Waals surface area (Å²) < 4.78 is 13.6. The van der Waals surface area contributed by atoms with Gasteiger partial charge in [0, 0.05) is 25.9 Å². The molecule has 2 atom stereocenters. The van der Waals surface area contributed by atoms with Crippen molar-refractivity contribution in [3.8, 4) is 0 Å². The normalized spacial score (nSPS) is 23.7. The first kappa shape index (κ1) is 42.0. The van der Waals surface area contributed by atoms with Gasteiger partial charge in [-0.05, 0) is 89.9 Å². The van der Waals surface area contributed by atoms with E-state index in [1.807, 2.05) is 0 Å². The third kappa shape index (κ3) is 20.8. The monoisotopic (exact) mass is 656 g/mol. The summed E-state index contributed by atoms with van der Waals surface area (Å²) in [7, 11) is 1.78. The van der Waals surface area contributed by atoms with E-state index in [4.69, 9.17) is 9.47 Å². The lowest BCUT2D eigenvalue weighted by atomic mass is 9.90. The molecule has 1 spiro atoms. The minimum Gasteiger partial charge on any atom is -0.344 e. The zero-order valence-electron chi connectivity index (χ0n) is 31.4. The Labute approximate surface area is 292 Å². The van der Waals surface area contributed by atoms with Gasteiger partial charge in [-0.25, -0.2) is 0 Å². The van der Waals surface area contributed by atoms with E-state index >= 15 is 0 Å². The van der Waals surface area contributed by atoms with Gasteiger partial charge in [0.15, 0.2) is 5.79 Å². The second-order valence-corrected chi connectivity index (χ2v) is 14.6. The van der Waals surface area contributed by atoms with E-state index in [0.717, 1.165) is 51.4 Å². The Bertz CT molecular complexity index is 767. The lowest BCUT2D eigenvalue weighted by molar-refractivity contribution is -0.214. The number of allylic oxidation sites excluding steroid dienone is 8. The highest BCUT2D eigenvalue weighted by Crippen LogP contribution is 2.43. The summed E-state index contributed by atoms with van der Waals surface area (Å²) in [5, 5.41) is 11.3. The number of hydroxylamine groups is 2. The van der Waals surface area contributed by atoms with Crippen molar-refractivity contribution in [3.05, 3.63) is 48.6 Å². The molecule has 1 heterocycles. The Hall–Kier alpha value is -1.20.